The molecule has 0 radical (unpaired) electrons. The van der Waals surface area contributed by atoms with Gasteiger partial charge in [-0.15, -0.1) is 0 Å². The van der Waals surface area contributed by atoms with Gasteiger partial charge in [-0.1, -0.05) is 0 Å². The van der Waals surface area contributed by atoms with E-state index in [1.165, 1.54) is 6.07 Å². The molecule has 34 heavy (non-hydrogen) atoms. The van der Waals surface area contributed by atoms with Gasteiger partial charge in [0.1, 0.15) is 5.58 Å². The molecule has 1 aromatic carbocycles. The van der Waals surface area contributed by atoms with Crippen molar-refractivity contribution in [2.75, 3.05) is 41.3 Å². The van der Waals surface area contributed by atoms with Gasteiger partial charge in [0.05, 0.1) is 6.10 Å². The molecule has 0 spiro atoms. The highest BCUT2D eigenvalue weighted by Crippen LogP contribution is 2.26. The Hall–Kier alpha value is -3.28. The monoisotopic (exact) mass is 466 g/mol. The number of fused-ring (bicyclic) bond motifs is 1. The molecule has 0 amide bonds. The maximum Gasteiger partial charge on any atom is 0.336 e. The van der Waals surface area contributed by atoms with Gasteiger partial charge in [0.25, 0.3) is 0 Å². The fraction of sp³-hybridized carbons (Fsp3) is 0.478. The minimum Gasteiger partial charge on any atom is -0.423 e. The second-order valence-corrected chi connectivity index (χ2v) is 9.25. The van der Waals surface area contributed by atoms with Crippen LogP contribution in [0.3, 0.4) is 0 Å². The first kappa shape index (κ1) is 22.5. The maximum absolute atomic E-state index is 11.8. The smallest absolute Gasteiger partial charge is 0.336 e. The summed E-state index contributed by atoms with van der Waals surface area (Å²) in [5, 5.41) is 14.3. The van der Waals surface area contributed by atoms with Gasteiger partial charge in [-0.2, -0.15) is 15.0 Å². The SMILES string of the molecule is Cc1cc(=O)oc2cc(Nc3nc(N4C[C@H](N)C[C@H](N)C4)nc(N4CCC[C@H](O)C4)n3)ccc12. The van der Waals surface area contributed by atoms with E-state index in [-0.39, 0.29) is 12.1 Å². The predicted molar refractivity (Wildman–Crippen MR) is 131 cm³/mol. The molecule has 0 aliphatic carbocycles. The van der Waals surface area contributed by atoms with Crippen LogP contribution in [0.4, 0.5) is 23.5 Å². The fourth-order valence-electron chi connectivity index (χ4n) is 4.70. The highest BCUT2D eigenvalue weighted by molar-refractivity contribution is 5.83. The van der Waals surface area contributed by atoms with Gasteiger partial charge in [-0.05, 0) is 43.9 Å². The second kappa shape index (κ2) is 9.16. The van der Waals surface area contributed by atoms with Crippen molar-refractivity contribution < 1.29 is 9.52 Å². The first-order valence-electron chi connectivity index (χ1n) is 11.6. The zero-order chi connectivity index (χ0) is 23.8. The van der Waals surface area contributed by atoms with Crippen LogP contribution < -0.4 is 32.2 Å². The number of benzene rings is 1. The standard InChI is InChI=1S/C23H30N8O3/c1-13-7-20(33)34-19-9-16(4-5-18(13)19)26-21-27-22(30-6-2-3-17(32)12-30)29-23(28-21)31-10-14(24)8-15(25)11-31/h4-5,7,9,14-15,17,32H,2-3,6,8,10-12,24-25H2,1H3,(H,26,27,28,29)/t14-,15+,17-/m0/s1. The number of rotatable bonds is 4. The van der Waals surface area contributed by atoms with Gasteiger partial charge in [-0.3, -0.25) is 0 Å². The summed E-state index contributed by atoms with van der Waals surface area (Å²) in [5.41, 5.74) is 14.0. The van der Waals surface area contributed by atoms with Crippen LogP contribution in [0.25, 0.3) is 11.0 Å². The van der Waals surface area contributed by atoms with Gasteiger partial charge in [0, 0.05) is 61.5 Å². The van der Waals surface area contributed by atoms with Gasteiger partial charge in [-0.25, -0.2) is 4.79 Å². The summed E-state index contributed by atoms with van der Waals surface area (Å²) < 4.78 is 5.37. The van der Waals surface area contributed by atoms with Gasteiger partial charge in [0.2, 0.25) is 17.8 Å². The van der Waals surface area contributed by atoms with Crippen LogP contribution >= 0.6 is 0 Å². The van der Waals surface area contributed by atoms with Crippen LogP contribution in [0.5, 0.6) is 0 Å². The van der Waals surface area contributed by atoms with Crippen molar-refractivity contribution in [3.63, 3.8) is 0 Å². The molecule has 11 heteroatoms. The summed E-state index contributed by atoms with van der Waals surface area (Å²) in [7, 11) is 0. The summed E-state index contributed by atoms with van der Waals surface area (Å²) in [6.45, 7) is 4.28. The third-order valence-corrected chi connectivity index (χ3v) is 6.30. The predicted octanol–water partition coefficient (Wildman–Crippen LogP) is 0.856. The van der Waals surface area contributed by atoms with Crippen molar-refractivity contribution >= 4 is 34.5 Å². The summed E-state index contributed by atoms with van der Waals surface area (Å²) in [5.74, 6) is 1.32. The number of aliphatic hydroxyl groups is 1. The van der Waals surface area contributed by atoms with Crippen LogP contribution in [-0.2, 0) is 0 Å². The Labute approximate surface area is 196 Å². The van der Waals surface area contributed by atoms with Crippen LogP contribution in [0.2, 0.25) is 0 Å². The Morgan fingerprint density at radius 2 is 1.79 bits per heavy atom. The Morgan fingerprint density at radius 3 is 2.53 bits per heavy atom. The van der Waals surface area contributed by atoms with Crippen molar-refractivity contribution in [1.29, 1.82) is 0 Å². The quantitative estimate of drug-likeness (QED) is 0.404. The highest BCUT2D eigenvalue weighted by Gasteiger charge is 2.27. The molecule has 2 aromatic heterocycles. The number of nitrogens with two attached hydrogens (primary N) is 2. The topological polar surface area (TPSA) is 160 Å². The molecule has 0 unspecified atom stereocenters. The largest absolute Gasteiger partial charge is 0.423 e. The number of β-amino-alcohol motifs (C(OH)–C–C–N with tert-alkyl or cyclic N) is 1. The molecule has 2 aliphatic heterocycles. The van der Waals surface area contributed by atoms with E-state index in [9.17, 15) is 9.90 Å². The van der Waals surface area contributed by atoms with Gasteiger partial charge < -0.3 is 36.1 Å². The van der Waals surface area contributed by atoms with E-state index in [1.807, 2.05) is 28.9 Å². The van der Waals surface area contributed by atoms with Crippen molar-refractivity contribution in [1.82, 2.24) is 15.0 Å². The van der Waals surface area contributed by atoms with Crippen molar-refractivity contribution in [2.24, 2.45) is 11.5 Å². The molecule has 0 saturated carbocycles. The maximum atomic E-state index is 11.8. The van der Waals surface area contributed by atoms with E-state index in [0.29, 0.717) is 48.7 Å². The number of aryl methyl sites for hydroxylation is 1. The zero-order valence-corrected chi connectivity index (χ0v) is 19.1. The number of anilines is 4. The number of hydrogen-bond acceptors (Lipinski definition) is 11. The summed E-state index contributed by atoms with van der Waals surface area (Å²) in [6.07, 6.45) is 1.94. The first-order valence-corrected chi connectivity index (χ1v) is 11.6. The number of aromatic nitrogens is 3. The Morgan fingerprint density at radius 1 is 1.06 bits per heavy atom. The molecule has 2 aliphatic rings. The first-order chi connectivity index (χ1) is 16.3. The summed E-state index contributed by atoms with van der Waals surface area (Å²) in [4.78, 5) is 29.8. The van der Waals surface area contributed by atoms with Crippen LogP contribution in [-0.4, -0.2) is 64.4 Å². The number of piperidine rings is 2. The van der Waals surface area contributed by atoms with E-state index in [2.05, 4.69) is 15.3 Å². The normalized spacial score (nSPS) is 23.4. The molecule has 4 heterocycles. The summed E-state index contributed by atoms with van der Waals surface area (Å²) >= 11 is 0. The average Bonchev–Trinajstić information content (AvgIpc) is 2.78. The molecule has 180 valence electrons. The lowest BCUT2D eigenvalue weighted by molar-refractivity contribution is 0.153. The Kier molecular flexibility index (Phi) is 6.07. The van der Waals surface area contributed by atoms with Crippen molar-refractivity contribution in [3.05, 3.63) is 40.2 Å². The van der Waals surface area contributed by atoms with Gasteiger partial charge >= 0.3 is 5.63 Å². The van der Waals surface area contributed by atoms with Crippen molar-refractivity contribution in [2.45, 2.75) is 44.4 Å². The average molecular weight is 467 g/mol. The third-order valence-electron chi connectivity index (χ3n) is 6.30. The lowest BCUT2D eigenvalue weighted by Gasteiger charge is -2.35. The highest BCUT2D eigenvalue weighted by atomic mass is 16.4. The third kappa shape index (κ3) is 4.81. The van der Waals surface area contributed by atoms with E-state index < -0.39 is 11.7 Å². The van der Waals surface area contributed by atoms with Crippen LogP contribution in [0.15, 0.2) is 33.5 Å². The molecule has 6 N–H and O–H groups in total. The molecular weight excluding hydrogens is 436 g/mol. The number of nitrogens with zero attached hydrogens (tertiary/aromatic N) is 5. The van der Waals surface area contributed by atoms with E-state index in [1.54, 1.807) is 6.07 Å². The number of hydrogen-bond donors (Lipinski definition) is 4. The Balaban J connectivity index is 1.51. The van der Waals surface area contributed by atoms with Crippen molar-refractivity contribution in [3.8, 4) is 0 Å². The molecule has 2 saturated heterocycles. The molecule has 11 nitrogen and oxygen atoms in total. The number of aliphatic hydroxyl groups excluding tert-OH is 1. The molecule has 3 atom stereocenters. The minimum atomic E-state index is -0.422. The lowest BCUT2D eigenvalue weighted by atomic mass is 10.0. The van der Waals surface area contributed by atoms with Crippen LogP contribution in [0, 0.1) is 6.92 Å². The minimum absolute atomic E-state index is 0.0659. The zero-order valence-electron chi connectivity index (χ0n) is 19.1. The Bertz CT molecular complexity index is 1240. The van der Waals surface area contributed by atoms with E-state index in [4.69, 9.17) is 20.9 Å². The summed E-state index contributed by atoms with van der Waals surface area (Å²) in [6, 6.07) is 6.87. The molecular formula is C23H30N8O3. The number of nitrogens with one attached hydrogen (secondary N) is 1. The molecule has 3 aromatic rings. The second-order valence-electron chi connectivity index (χ2n) is 9.25. The van der Waals surface area contributed by atoms with Crippen LogP contribution in [0.1, 0.15) is 24.8 Å². The molecule has 2 fully saturated rings. The molecule has 0 bridgehead atoms. The van der Waals surface area contributed by atoms with Gasteiger partial charge in [0.15, 0.2) is 0 Å². The molecule has 5 rings (SSSR count). The lowest BCUT2D eigenvalue weighted by Crippen LogP contribution is -2.53. The van der Waals surface area contributed by atoms with E-state index in [0.717, 1.165) is 36.8 Å². The van der Waals surface area contributed by atoms with E-state index >= 15 is 0 Å². The fourth-order valence-corrected chi connectivity index (χ4v) is 4.70.